The third-order valence-corrected chi connectivity index (χ3v) is 5.73. The van der Waals surface area contributed by atoms with Crippen molar-refractivity contribution in [3.8, 4) is 0 Å². The normalized spacial score (nSPS) is 12.3. The summed E-state index contributed by atoms with van der Waals surface area (Å²) in [5, 5.41) is 8.63. The second kappa shape index (κ2) is 9.34. The largest absolute Gasteiger partial charge is 0.349 e. The van der Waals surface area contributed by atoms with Gasteiger partial charge < -0.3 is 5.32 Å². The summed E-state index contributed by atoms with van der Waals surface area (Å²) in [7, 11) is 0. The molecule has 0 radical (unpaired) electrons. The lowest BCUT2D eigenvalue weighted by Crippen LogP contribution is -2.51. The predicted octanol–water partition coefficient (Wildman–Crippen LogP) is 4.24. The SMILES string of the molecule is CCC(C)(C)NC(=O)[C@@H](c1ccccn1)N(C(=O)c1csnn1)c1ccc(C)cc1C. The Bertz CT molecular complexity index is 1050. The first-order valence-corrected chi connectivity index (χ1v) is 11.0. The van der Waals surface area contributed by atoms with Crippen LogP contribution in [0, 0.1) is 13.8 Å². The van der Waals surface area contributed by atoms with Crippen molar-refractivity contribution in [2.24, 2.45) is 0 Å². The van der Waals surface area contributed by atoms with E-state index in [4.69, 9.17) is 0 Å². The maximum absolute atomic E-state index is 13.6. The van der Waals surface area contributed by atoms with Crippen LogP contribution in [0.3, 0.4) is 0 Å². The van der Waals surface area contributed by atoms with Crippen molar-refractivity contribution in [1.82, 2.24) is 19.9 Å². The number of amides is 2. The van der Waals surface area contributed by atoms with Gasteiger partial charge in [-0.1, -0.05) is 35.2 Å². The summed E-state index contributed by atoms with van der Waals surface area (Å²) in [4.78, 5) is 33.1. The molecule has 1 aromatic carbocycles. The molecule has 0 aliphatic rings. The highest BCUT2D eigenvalue weighted by molar-refractivity contribution is 7.03. The van der Waals surface area contributed by atoms with Crippen LogP contribution in [0.15, 0.2) is 48.0 Å². The molecule has 8 heteroatoms. The lowest BCUT2D eigenvalue weighted by Gasteiger charge is -2.34. The highest BCUT2D eigenvalue weighted by atomic mass is 32.1. The molecular weight excluding hydrogens is 410 g/mol. The second-order valence-corrected chi connectivity index (χ2v) is 8.75. The summed E-state index contributed by atoms with van der Waals surface area (Å²) in [5.74, 6) is -0.706. The molecule has 1 N–H and O–H groups in total. The molecular formula is C23H27N5O2S. The summed E-state index contributed by atoms with van der Waals surface area (Å²) in [5.41, 5.74) is 2.79. The number of rotatable bonds is 7. The minimum Gasteiger partial charge on any atom is -0.349 e. The molecule has 3 aromatic rings. The number of pyridine rings is 1. The van der Waals surface area contributed by atoms with E-state index in [1.807, 2.05) is 58.9 Å². The second-order valence-electron chi connectivity index (χ2n) is 8.14. The van der Waals surface area contributed by atoms with Gasteiger partial charge in [-0.3, -0.25) is 19.5 Å². The van der Waals surface area contributed by atoms with E-state index in [0.29, 0.717) is 11.4 Å². The van der Waals surface area contributed by atoms with Crippen LogP contribution in [0.4, 0.5) is 5.69 Å². The van der Waals surface area contributed by atoms with Crippen molar-refractivity contribution in [2.45, 2.75) is 52.6 Å². The van der Waals surface area contributed by atoms with Crippen molar-refractivity contribution in [3.05, 3.63) is 70.5 Å². The van der Waals surface area contributed by atoms with Gasteiger partial charge >= 0.3 is 0 Å². The fourth-order valence-corrected chi connectivity index (χ4v) is 3.66. The fourth-order valence-electron chi connectivity index (χ4n) is 3.23. The number of carbonyl (C=O) groups excluding carboxylic acids is 2. The number of aryl methyl sites for hydroxylation is 2. The van der Waals surface area contributed by atoms with E-state index in [2.05, 4.69) is 19.9 Å². The Balaban J connectivity index is 2.19. The van der Waals surface area contributed by atoms with Crippen LogP contribution in [-0.2, 0) is 4.79 Å². The molecule has 0 saturated heterocycles. The van der Waals surface area contributed by atoms with Crippen LogP contribution in [0.25, 0.3) is 0 Å². The quantitative estimate of drug-likeness (QED) is 0.597. The lowest BCUT2D eigenvalue weighted by molar-refractivity contribution is -0.124. The zero-order chi connectivity index (χ0) is 22.6. The zero-order valence-electron chi connectivity index (χ0n) is 18.4. The molecule has 162 valence electrons. The molecule has 3 rings (SSSR count). The molecule has 2 heterocycles. The van der Waals surface area contributed by atoms with Crippen LogP contribution >= 0.6 is 11.5 Å². The molecule has 1 atom stereocenters. The van der Waals surface area contributed by atoms with Gasteiger partial charge in [0.2, 0.25) is 5.91 Å². The standard InChI is InChI=1S/C23H27N5O2S/c1-6-23(4,5)25-21(29)20(17-9-7-8-12-24-17)28(22(30)18-14-31-27-26-18)19-11-10-15(2)13-16(19)3/h7-14,20H,6H2,1-5H3,(H,25,29)/t20-/m1/s1. The first-order chi connectivity index (χ1) is 14.7. The summed E-state index contributed by atoms with van der Waals surface area (Å²) in [6, 6.07) is 10.1. The number of nitrogens with one attached hydrogen (secondary N) is 1. The summed E-state index contributed by atoms with van der Waals surface area (Å²) < 4.78 is 3.83. The van der Waals surface area contributed by atoms with Gasteiger partial charge in [0.15, 0.2) is 11.7 Å². The molecule has 0 fully saturated rings. The monoisotopic (exact) mass is 437 g/mol. The molecule has 0 spiro atoms. The topological polar surface area (TPSA) is 88.1 Å². The zero-order valence-corrected chi connectivity index (χ0v) is 19.2. The smallest absolute Gasteiger partial charge is 0.280 e. The molecule has 0 aliphatic carbocycles. The minimum atomic E-state index is -0.970. The van der Waals surface area contributed by atoms with Crippen molar-refractivity contribution < 1.29 is 9.59 Å². The Morgan fingerprint density at radius 3 is 2.55 bits per heavy atom. The number of carbonyl (C=O) groups is 2. The molecule has 31 heavy (non-hydrogen) atoms. The number of nitrogens with zero attached hydrogens (tertiary/aromatic N) is 4. The van der Waals surface area contributed by atoms with E-state index in [1.54, 1.807) is 23.7 Å². The highest BCUT2D eigenvalue weighted by Crippen LogP contribution is 2.32. The van der Waals surface area contributed by atoms with E-state index < -0.39 is 17.5 Å². The molecule has 2 amide bonds. The number of hydrogen-bond donors (Lipinski definition) is 1. The molecule has 0 aliphatic heterocycles. The minimum absolute atomic E-state index is 0.188. The molecule has 2 aromatic heterocycles. The molecule has 0 bridgehead atoms. The van der Waals surface area contributed by atoms with Gasteiger partial charge in [-0.2, -0.15) is 0 Å². The Morgan fingerprint density at radius 2 is 1.97 bits per heavy atom. The number of hydrogen-bond acceptors (Lipinski definition) is 6. The van der Waals surface area contributed by atoms with Crippen LogP contribution in [0.1, 0.15) is 60.5 Å². The molecule has 0 saturated carbocycles. The van der Waals surface area contributed by atoms with E-state index in [9.17, 15) is 9.59 Å². The first-order valence-electron chi connectivity index (χ1n) is 10.1. The predicted molar refractivity (Wildman–Crippen MR) is 122 cm³/mol. The van der Waals surface area contributed by atoms with Crippen molar-refractivity contribution in [1.29, 1.82) is 0 Å². The average Bonchev–Trinajstić information content (AvgIpc) is 3.27. The summed E-state index contributed by atoms with van der Waals surface area (Å²) in [6.07, 6.45) is 2.36. The molecule has 0 unspecified atom stereocenters. The number of benzene rings is 1. The first kappa shape index (κ1) is 22.6. The third kappa shape index (κ3) is 5.14. The van der Waals surface area contributed by atoms with Gasteiger partial charge in [0.05, 0.1) is 5.69 Å². The van der Waals surface area contributed by atoms with E-state index in [-0.39, 0.29) is 11.6 Å². The van der Waals surface area contributed by atoms with Gasteiger partial charge in [0, 0.05) is 22.8 Å². The van der Waals surface area contributed by atoms with E-state index >= 15 is 0 Å². The van der Waals surface area contributed by atoms with Crippen LogP contribution in [0.2, 0.25) is 0 Å². The number of anilines is 1. The summed E-state index contributed by atoms with van der Waals surface area (Å²) >= 11 is 1.09. The van der Waals surface area contributed by atoms with Crippen molar-refractivity contribution in [2.75, 3.05) is 4.90 Å². The van der Waals surface area contributed by atoms with Gasteiger partial charge in [-0.15, -0.1) is 5.10 Å². The third-order valence-electron chi connectivity index (χ3n) is 5.23. The Kier molecular flexibility index (Phi) is 6.80. The van der Waals surface area contributed by atoms with E-state index in [0.717, 1.165) is 29.1 Å². The fraction of sp³-hybridized carbons (Fsp3) is 0.348. The summed E-state index contributed by atoms with van der Waals surface area (Å²) in [6.45, 7) is 9.82. The Hall–Kier alpha value is -3.13. The van der Waals surface area contributed by atoms with Gasteiger partial charge in [0.1, 0.15) is 0 Å². The highest BCUT2D eigenvalue weighted by Gasteiger charge is 2.37. The Labute approximate surface area is 186 Å². The van der Waals surface area contributed by atoms with Gasteiger partial charge in [-0.25, -0.2) is 0 Å². The van der Waals surface area contributed by atoms with Crippen LogP contribution in [-0.4, -0.2) is 31.9 Å². The van der Waals surface area contributed by atoms with Gasteiger partial charge in [0.25, 0.3) is 5.91 Å². The van der Waals surface area contributed by atoms with Crippen molar-refractivity contribution >= 4 is 29.0 Å². The maximum Gasteiger partial charge on any atom is 0.280 e. The van der Waals surface area contributed by atoms with E-state index in [1.165, 1.54) is 4.90 Å². The van der Waals surface area contributed by atoms with Crippen LogP contribution in [0.5, 0.6) is 0 Å². The lowest BCUT2D eigenvalue weighted by atomic mass is 9.99. The Morgan fingerprint density at radius 1 is 1.19 bits per heavy atom. The molecule has 7 nitrogen and oxygen atoms in total. The number of aromatic nitrogens is 3. The average molecular weight is 438 g/mol. The van der Waals surface area contributed by atoms with Gasteiger partial charge in [-0.05, 0) is 69.4 Å². The maximum atomic E-state index is 13.6. The van der Waals surface area contributed by atoms with Crippen molar-refractivity contribution in [3.63, 3.8) is 0 Å². The van der Waals surface area contributed by atoms with Crippen LogP contribution < -0.4 is 10.2 Å².